The Labute approximate surface area is 195 Å². The van der Waals surface area contributed by atoms with Crippen LogP contribution in [0.5, 0.6) is 0 Å². The number of benzene rings is 2. The van der Waals surface area contributed by atoms with Crippen molar-refractivity contribution >= 4 is 16.0 Å². The van der Waals surface area contributed by atoms with Gasteiger partial charge in [-0.1, -0.05) is 44.2 Å². The minimum absolute atomic E-state index is 0.0966. The Kier molecular flexibility index (Phi) is 6.95. The highest BCUT2D eigenvalue weighted by atomic mass is 32.2. The first-order valence-corrected chi connectivity index (χ1v) is 12.7. The average Bonchev–Trinajstić information content (AvgIpc) is 3.32. The molecule has 0 atom stereocenters. The van der Waals surface area contributed by atoms with Gasteiger partial charge in [0, 0.05) is 19.3 Å². The molecule has 0 bridgehead atoms. The number of nitrogens with zero attached hydrogens (tertiary/aromatic N) is 3. The van der Waals surface area contributed by atoms with Gasteiger partial charge in [-0.3, -0.25) is 4.79 Å². The van der Waals surface area contributed by atoms with Crippen LogP contribution in [0.15, 0.2) is 71.8 Å². The smallest absolute Gasteiger partial charge is 0.309 e. The van der Waals surface area contributed by atoms with Crippen molar-refractivity contribution in [1.82, 2.24) is 14.1 Å². The summed E-state index contributed by atoms with van der Waals surface area (Å²) in [5.41, 5.74) is 2.70. The number of hydrogen-bond donors (Lipinski definition) is 0. The van der Waals surface area contributed by atoms with Gasteiger partial charge in [0.15, 0.2) is 0 Å². The Balaban J connectivity index is 1.29. The Morgan fingerprint density at radius 1 is 1.03 bits per heavy atom. The molecule has 0 aliphatic carbocycles. The predicted octanol–water partition coefficient (Wildman–Crippen LogP) is 4.14. The van der Waals surface area contributed by atoms with Crippen LogP contribution in [0, 0.1) is 5.92 Å². The molecule has 0 amide bonds. The molecule has 0 N–H and O–H groups in total. The van der Waals surface area contributed by atoms with Gasteiger partial charge in [-0.2, -0.15) is 9.40 Å². The van der Waals surface area contributed by atoms with Crippen molar-refractivity contribution in [3.05, 3.63) is 78.1 Å². The van der Waals surface area contributed by atoms with Crippen LogP contribution in [0.3, 0.4) is 0 Å². The van der Waals surface area contributed by atoms with Gasteiger partial charge in [-0.05, 0) is 54.7 Å². The van der Waals surface area contributed by atoms with Crippen molar-refractivity contribution in [3.8, 4) is 5.69 Å². The Morgan fingerprint density at radius 2 is 1.70 bits per heavy atom. The first-order chi connectivity index (χ1) is 15.8. The molecule has 0 radical (unpaired) electrons. The van der Waals surface area contributed by atoms with E-state index in [0.29, 0.717) is 42.4 Å². The Bertz CT molecular complexity index is 1180. The lowest BCUT2D eigenvalue weighted by Crippen LogP contribution is -2.40. The zero-order chi connectivity index (χ0) is 23.4. The van der Waals surface area contributed by atoms with Gasteiger partial charge >= 0.3 is 5.97 Å². The van der Waals surface area contributed by atoms with Gasteiger partial charge in [0.05, 0.1) is 16.5 Å². The molecule has 0 saturated carbocycles. The minimum atomic E-state index is -3.56. The highest BCUT2D eigenvalue weighted by Crippen LogP contribution is 2.26. The van der Waals surface area contributed by atoms with Crippen LogP contribution < -0.4 is 0 Å². The molecule has 4 rings (SSSR count). The molecule has 1 aliphatic heterocycles. The monoisotopic (exact) mass is 467 g/mol. The molecular weight excluding hydrogens is 438 g/mol. The Morgan fingerprint density at radius 3 is 2.33 bits per heavy atom. The van der Waals surface area contributed by atoms with E-state index in [1.54, 1.807) is 16.8 Å². The summed E-state index contributed by atoms with van der Waals surface area (Å²) in [6, 6.07) is 18.6. The third-order valence-corrected chi connectivity index (χ3v) is 7.91. The highest BCUT2D eigenvalue weighted by Gasteiger charge is 2.32. The van der Waals surface area contributed by atoms with Gasteiger partial charge in [-0.25, -0.2) is 13.1 Å². The summed E-state index contributed by atoms with van der Waals surface area (Å²) in [7, 11) is -3.56. The number of hydrogen-bond acceptors (Lipinski definition) is 5. The number of esters is 1. The quantitative estimate of drug-likeness (QED) is 0.488. The largest absolute Gasteiger partial charge is 0.459 e. The van der Waals surface area contributed by atoms with E-state index >= 15 is 0 Å². The normalized spacial score (nSPS) is 15.6. The third-order valence-electron chi connectivity index (χ3n) is 6.00. The zero-order valence-electron chi connectivity index (χ0n) is 18.9. The van der Waals surface area contributed by atoms with Crippen LogP contribution in [0.1, 0.15) is 43.9 Å². The van der Waals surface area contributed by atoms with Crippen LogP contribution in [-0.4, -0.2) is 41.6 Å². The second-order valence-electron chi connectivity index (χ2n) is 8.60. The fraction of sp³-hybridized carbons (Fsp3) is 0.360. The fourth-order valence-corrected chi connectivity index (χ4v) is 5.40. The van der Waals surface area contributed by atoms with E-state index in [0.717, 1.165) is 11.3 Å². The molecular formula is C25H29N3O4S. The van der Waals surface area contributed by atoms with E-state index in [4.69, 9.17) is 4.74 Å². The number of ether oxygens (including phenoxy) is 1. The van der Waals surface area contributed by atoms with E-state index in [9.17, 15) is 13.2 Å². The van der Waals surface area contributed by atoms with Crippen molar-refractivity contribution < 1.29 is 17.9 Å². The van der Waals surface area contributed by atoms with E-state index in [1.165, 1.54) is 4.31 Å². The van der Waals surface area contributed by atoms with Crippen molar-refractivity contribution in [2.45, 2.75) is 44.1 Å². The summed E-state index contributed by atoms with van der Waals surface area (Å²) >= 11 is 0. The van der Waals surface area contributed by atoms with Crippen LogP contribution >= 0.6 is 0 Å². The molecule has 1 saturated heterocycles. The molecule has 8 heteroatoms. The minimum Gasteiger partial charge on any atom is -0.459 e. The van der Waals surface area contributed by atoms with Gasteiger partial charge in [0.25, 0.3) is 0 Å². The van der Waals surface area contributed by atoms with E-state index in [1.807, 2.05) is 54.7 Å². The Hall–Kier alpha value is -2.97. The number of sulfonamides is 1. The number of carbonyl (C=O) groups is 1. The van der Waals surface area contributed by atoms with Crippen LogP contribution in [0.4, 0.5) is 0 Å². The second-order valence-corrected chi connectivity index (χ2v) is 10.5. The van der Waals surface area contributed by atoms with E-state index in [2.05, 4.69) is 18.9 Å². The molecule has 3 aromatic rings. The third kappa shape index (κ3) is 5.34. The summed E-state index contributed by atoms with van der Waals surface area (Å²) < 4.78 is 34.6. The molecule has 1 aliphatic rings. The zero-order valence-corrected chi connectivity index (χ0v) is 19.7. The van der Waals surface area contributed by atoms with Gasteiger partial charge in [0.1, 0.15) is 12.3 Å². The standard InChI is InChI=1S/C25H29N3O4S/c1-19(2)20-8-10-24(11-9-20)33(30,31)27-15-12-21(13-16-27)25(29)32-18-22-14-17-28(26-22)23-6-4-3-5-7-23/h3-11,14,17,19,21H,12-13,15-16,18H2,1-2H3. The molecule has 33 heavy (non-hydrogen) atoms. The lowest BCUT2D eigenvalue weighted by atomic mass is 9.98. The predicted molar refractivity (Wildman–Crippen MR) is 125 cm³/mol. The van der Waals surface area contributed by atoms with E-state index in [-0.39, 0.29) is 18.5 Å². The number of piperidine rings is 1. The lowest BCUT2D eigenvalue weighted by Gasteiger charge is -2.30. The summed E-state index contributed by atoms with van der Waals surface area (Å²) in [5.74, 6) is -0.269. The molecule has 1 fully saturated rings. The van der Waals surface area contributed by atoms with Crippen LogP contribution in [0.2, 0.25) is 0 Å². The first-order valence-electron chi connectivity index (χ1n) is 11.2. The lowest BCUT2D eigenvalue weighted by molar-refractivity contribution is -0.151. The molecule has 174 valence electrons. The molecule has 0 unspecified atom stereocenters. The average molecular weight is 468 g/mol. The maximum absolute atomic E-state index is 13.0. The number of rotatable bonds is 7. The van der Waals surface area contributed by atoms with Crippen LogP contribution in [0.25, 0.3) is 5.69 Å². The number of para-hydroxylation sites is 1. The summed E-state index contributed by atoms with van der Waals surface area (Å²) in [4.78, 5) is 12.8. The van der Waals surface area contributed by atoms with Gasteiger partial charge in [-0.15, -0.1) is 0 Å². The highest BCUT2D eigenvalue weighted by molar-refractivity contribution is 7.89. The molecule has 2 heterocycles. The summed E-state index contributed by atoms with van der Waals surface area (Å²) in [5, 5.41) is 4.44. The number of aromatic nitrogens is 2. The maximum atomic E-state index is 13.0. The summed E-state index contributed by atoms with van der Waals surface area (Å²) in [6.45, 7) is 4.84. The topological polar surface area (TPSA) is 81.5 Å². The number of carbonyl (C=O) groups excluding carboxylic acids is 1. The fourth-order valence-electron chi connectivity index (χ4n) is 3.93. The van der Waals surface area contributed by atoms with Crippen LogP contribution in [-0.2, 0) is 26.2 Å². The van der Waals surface area contributed by atoms with Crippen molar-refractivity contribution in [2.24, 2.45) is 5.92 Å². The first kappa shape index (κ1) is 23.2. The van der Waals surface area contributed by atoms with Gasteiger partial charge < -0.3 is 4.74 Å². The van der Waals surface area contributed by atoms with Crippen molar-refractivity contribution in [2.75, 3.05) is 13.1 Å². The van der Waals surface area contributed by atoms with Crippen molar-refractivity contribution in [3.63, 3.8) is 0 Å². The van der Waals surface area contributed by atoms with Crippen molar-refractivity contribution in [1.29, 1.82) is 0 Å². The van der Waals surface area contributed by atoms with E-state index < -0.39 is 10.0 Å². The van der Waals surface area contributed by atoms with Gasteiger partial charge in [0.2, 0.25) is 10.0 Å². The SMILES string of the molecule is CC(C)c1ccc(S(=O)(=O)N2CCC(C(=O)OCc3ccn(-c4ccccc4)n3)CC2)cc1. The molecule has 0 spiro atoms. The molecule has 7 nitrogen and oxygen atoms in total. The summed E-state index contributed by atoms with van der Waals surface area (Å²) in [6.07, 6.45) is 2.72. The molecule has 2 aromatic carbocycles. The second kappa shape index (κ2) is 9.89. The maximum Gasteiger partial charge on any atom is 0.309 e. The molecule has 1 aromatic heterocycles.